The van der Waals surface area contributed by atoms with E-state index in [1.54, 1.807) is 0 Å². The summed E-state index contributed by atoms with van der Waals surface area (Å²) in [7, 11) is 1.30. The number of carbonyl (C=O) groups is 2. The summed E-state index contributed by atoms with van der Waals surface area (Å²) in [5, 5.41) is 5.22. The van der Waals surface area contributed by atoms with Gasteiger partial charge in [0.15, 0.2) is 0 Å². The topological polar surface area (TPSA) is 67.4 Å². The Hall–Kier alpha value is -1.10. The van der Waals surface area contributed by atoms with Crippen molar-refractivity contribution < 1.29 is 14.3 Å². The fourth-order valence-electron chi connectivity index (χ4n) is 0.610. The lowest BCUT2D eigenvalue weighted by molar-refractivity contribution is -0.139. The number of carbonyl (C=O) groups excluding carboxylic acids is 2. The van der Waals surface area contributed by atoms with Gasteiger partial charge < -0.3 is 10.1 Å². The minimum absolute atomic E-state index is 0.0631. The smallest absolute Gasteiger partial charge is 0.319 e. The van der Waals surface area contributed by atoms with Crippen LogP contribution in [0.25, 0.3) is 0 Å². The Balaban J connectivity index is 3.30. The fraction of sp³-hybridized carbons (Fsp3) is 0.714. The van der Waals surface area contributed by atoms with E-state index in [1.807, 2.05) is 6.92 Å². The molecular weight excluding hydrogens is 160 g/mol. The Morgan fingerprint density at radius 3 is 2.50 bits per heavy atom. The molecule has 0 fully saturated rings. The molecule has 0 saturated heterocycles. The Morgan fingerprint density at radius 1 is 1.33 bits per heavy atom. The van der Waals surface area contributed by atoms with Gasteiger partial charge in [-0.15, -0.1) is 0 Å². The molecule has 0 aromatic heterocycles. The standard InChI is InChI=1S/C7H14N2O3/c1-3-9-6(10)4-8-5-7(11)12-2/h8H,3-5H2,1-2H3,(H,9,10). The first kappa shape index (κ1) is 10.9. The quantitative estimate of drug-likeness (QED) is 0.518. The summed E-state index contributed by atoms with van der Waals surface area (Å²) in [6.07, 6.45) is 0. The van der Waals surface area contributed by atoms with Crippen LogP contribution in [-0.2, 0) is 14.3 Å². The second kappa shape index (κ2) is 6.60. The summed E-state index contributed by atoms with van der Waals surface area (Å²) in [6, 6.07) is 0. The number of nitrogens with one attached hydrogen (secondary N) is 2. The predicted molar refractivity (Wildman–Crippen MR) is 43.6 cm³/mol. The largest absolute Gasteiger partial charge is 0.468 e. The maximum absolute atomic E-state index is 10.8. The zero-order valence-corrected chi connectivity index (χ0v) is 7.35. The van der Waals surface area contributed by atoms with Crippen LogP contribution in [0.2, 0.25) is 0 Å². The Kier molecular flexibility index (Phi) is 6.00. The Bertz CT molecular complexity index is 159. The molecule has 0 radical (unpaired) electrons. The molecule has 1 amide bonds. The van der Waals surface area contributed by atoms with Gasteiger partial charge in [0.2, 0.25) is 5.91 Å². The van der Waals surface area contributed by atoms with Crippen molar-refractivity contribution in [3.05, 3.63) is 0 Å². The van der Waals surface area contributed by atoms with E-state index >= 15 is 0 Å². The van der Waals surface area contributed by atoms with E-state index in [9.17, 15) is 9.59 Å². The van der Waals surface area contributed by atoms with Crippen LogP contribution in [0.4, 0.5) is 0 Å². The number of hydrogen-bond donors (Lipinski definition) is 2. The zero-order valence-electron chi connectivity index (χ0n) is 7.35. The summed E-state index contributed by atoms with van der Waals surface area (Å²) in [5.41, 5.74) is 0. The first-order valence-corrected chi connectivity index (χ1v) is 3.75. The molecule has 70 valence electrons. The minimum Gasteiger partial charge on any atom is -0.468 e. The summed E-state index contributed by atoms with van der Waals surface area (Å²) < 4.78 is 4.36. The highest BCUT2D eigenvalue weighted by Gasteiger charge is 2.01. The first-order valence-electron chi connectivity index (χ1n) is 3.75. The van der Waals surface area contributed by atoms with Crippen LogP contribution in [0, 0.1) is 0 Å². The number of amides is 1. The number of rotatable bonds is 5. The van der Waals surface area contributed by atoms with Crippen molar-refractivity contribution in [1.82, 2.24) is 10.6 Å². The summed E-state index contributed by atoms with van der Waals surface area (Å²) in [4.78, 5) is 21.3. The third-order valence-corrected chi connectivity index (χ3v) is 1.16. The van der Waals surface area contributed by atoms with Gasteiger partial charge in [0.05, 0.1) is 20.2 Å². The van der Waals surface area contributed by atoms with Crippen molar-refractivity contribution in [3.63, 3.8) is 0 Å². The van der Waals surface area contributed by atoms with Crippen molar-refractivity contribution in [2.45, 2.75) is 6.92 Å². The molecule has 0 aromatic rings. The fourth-order valence-corrected chi connectivity index (χ4v) is 0.610. The molecule has 0 bridgehead atoms. The van der Waals surface area contributed by atoms with Gasteiger partial charge >= 0.3 is 5.97 Å². The van der Waals surface area contributed by atoms with Gasteiger partial charge in [0.1, 0.15) is 0 Å². The van der Waals surface area contributed by atoms with Gasteiger partial charge in [-0.05, 0) is 6.92 Å². The lowest BCUT2D eigenvalue weighted by Crippen LogP contribution is -2.36. The summed E-state index contributed by atoms with van der Waals surface area (Å²) in [6.45, 7) is 2.63. The van der Waals surface area contributed by atoms with Crippen LogP contribution in [0.1, 0.15) is 6.92 Å². The lowest BCUT2D eigenvalue weighted by atomic mass is 10.5. The second-order valence-corrected chi connectivity index (χ2v) is 2.13. The van der Waals surface area contributed by atoms with Crippen LogP contribution >= 0.6 is 0 Å². The number of ether oxygens (including phenoxy) is 1. The van der Waals surface area contributed by atoms with Crippen LogP contribution in [0.15, 0.2) is 0 Å². The third-order valence-electron chi connectivity index (χ3n) is 1.16. The van der Waals surface area contributed by atoms with E-state index in [1.165, 1.54) is 7.11 Å². The first-order chi connectivity index (χ1) is 5.70. The van der Waals surface area contributed by atoms with Crippen molar-refractivity contribution in [1.29, 1.82) is 0 Å². The molecule has 0 spiro atoms. The molecule has 12 heavy (non-hydrogen) atoms. The number of methoxy groups -OCH3 is 1. The molecule has 0 rings (SSSR count). The minimum atomic E-state index is -0.376. The van der Waals surface area contributed by atoms with Crippen LogP contribution in [-0.4, -0.2) is 38.6 Å². The zero-order chi connectivity index (χ0) is 9.40. The summed E-state index contributed by atoms with van der Waals surface area (Å²) in [5.74, 6) is -0.499. The maximum Gasteiger partial charge on any atom is 0.319 e. The van der Waals surface area contributed by atoms with Crippen LogP contribution in [0.3, 0.4) is 0 Å². The highest BCUT2D eigenvalue weighted by Crippen LogP contribution is 1.69. The molecule has 0 saturated carbocycles. The van der Waals surface area contributed by atoms with Gasteiger partial charge in [0.25, 0.3) is 0 Å². The Labute approximate surface area is 71.5 Å². The lowest BCUT2D eigenvalue weighted by Gasteiger charge is -2.02. The van der Waals surface area contributed by atoms with E-state index in [0.29, 0.717) is 6.54 Å². The molecule has 0 aromatic carbocycles. The van der Waals surface area contributed by atoms with E-state index in [4.69, 9.17) is 0 Å². The van der Waals surface area contributed by atoms with Gasteiger partial charge in [0, 0.05) is 6.54 Å². The van der Waals surface area contributed by atoms with E-state index in [-0.39, 0.29) is 25.0 Å². The van der Waals surface area contributed by atoms with Gasteiger partial charge in [-0.3, -0.25) is 14.9 Å². The van der Waals surface area contributed by atoms with Crippen molar-refractivity contribution in [3.8, 4) is 0 Å². The Morgan fingerprint density at radius 2 is 2.00 bits per heavy atom. The molecule has 2 N–H and O–H groups in total. The van der Waals surface area contributed by atoms with Crippen molar-refractivity contribution >= 4 is 11.9 Å². The molecule has 0 aliphatic rings. The van der Waals surface area contributed by atoms with Crippen LogP contribution in [0.5, 0.6) is 0 Å². The monoisotopic (exact) mass is 174 g/mol. The molecule has 5 nitrogen and oxygen atoms in total. The van der Waals surface area contributed by atoms with Gasteiger partial charge in [-0.25, -0.2) is 0 Å². The highest BCUT2D eigenvalue weighted by atomic mass is 16.5. The molecule has 0 atom stereocenters. The second-order valence-electron chi connectivity index (χ2n) is 2.13. The molecular formula is C7H14N2O3. The molecule has 0 aliphatic heterocycles. The maximum atomic E-state index is 10.8. The van der Waals surface area contributed by atoms with Gasteiger partial charge in [-0.2, -0.15) is 0 Å². The van der Waals surface area contributed by atoms with Crippen molar-refractivity contribution in [2.24, 2.45) is 0 Å². The predicted octanol–water partition coefficient (Wildman–Crippen LogP) is -1.11. The van der Waals surface area contributed by atoms with E-state index in [0.717, 1.165) is 0 Å². The normalized spacial score (nSPS) is 9.17. The number of hydrogen-bond acceptors (Lipinski definition) is 4. The number of likely N-dealkylation sites (N-methyl/N-ethyl adjacent to an activating group) is 1. The highest BCUT2D eigenvalue weighted by molar-refractivity contribution is 5.79. The molecule has 0 heterocycles. The van der Waals surface area contributed by atoms with E-state index in [2.05, 4.69) is 15.4 Å². The average molecular weight is 174 g/mol. The number of esters is 1. The molecule has 0 unspecified atom stereocenters. The van der Waals surface area contributed by atoms with Gasteiger partial charge in [-0.1, -0.05) is 0 Å². The van der Waals surface area contributed by atoms with Crippen LogP contribution < -0.4 is 10.6 Å². The molecule has 0 aliphatic carbocycles. The molecule has 5 heteroatoms. The third kappa shape index (κ3) is 5.67. The van der Waals surface area contributed by atoms with E-state index < -0.39 is 0 Å². The summed E-state index contributed by atoms with van der Waals surface area (Å²) >= 11 is 0. The van der Waals surface area contributed by atoms with Crippen molar-refractivity contribution in [2.75, 3.05) is 26.7 Å². The SMILES string of the molecule is CCNC(=O)CNCC(=O)OC. The average Bonchev–Trinajstić information content (AvgIpc) is 2.04.